The van der Waals surface area contributed by atoms with Crippen molar-refractivity contribution in [2.45, 2.75) is 45.3 Å². The van der Waals surface area contributed by atoms with Gasteiger partial charge in [0.05, 0.1) is 12.3 Å². The molecule has 2 aliphatic rings. The summed E-state index contributed by atoms with van der Waals surface area (Å²) in [7, 11) is 0. The van der Waals surface area contributed by atoms with Crippen molar-refractivity contribution >= 4 is 15.9 Å². The largest absolute Gasteiger partial charge is 0.377 e. The predicted octanol–water partition coefficient (Wildman–Crippen LogP) is 3.03. The molecule has 0 bridgehead atoms. The number of aromatic nitrogens is 2. The van der Waals surface area contributed by atoms with Crippen LogP contribution in [0.1, 0.15) is 31.7 Å². The molecular weight excluding hydrogens is 292 g/mol. The van der Waals surface area contributed by atoms with Gasteiger partial charge in [-0.1, -0.05) is 15.9 Å². The average Bonchev–Trinajstić information content (AvgIpc) is 2.99. The van der Waals surface area contributed by atoms with Gasteiger partial charge in [-0.05, 0) is 44.1 Å². The molecule has 1 aliphatic heterocycles. The summed E-state index contributed by atoms with van der Waals surface area (Å²) in [5, 5.41) is 5.43. The third-order valence-corrected chi connectivity index (χ3v) is 5.50. The third kappa shape index (κ3) is 2.25. The van der Waals surface area contributed by atoms with Crippen LogP contribution >= 0.6 is 15.9 Å². The monoisotopic (exact) mass is 312 g/mol. The van der Waals surface area contributed by atoms with Crippen LogP contribution in [-0.2, 0) is 17.7 Å². The van der Waals surface area contributed by atoms with Crippen molar-refractivity contribution in [1.29, 1.82) is 0 Å². The Morgan fingerprint density at radius 2 is 2.39 bits per heavy atom. The minimum absolute atomic E-state index is 0.294. The van der Waals surface area contributed by atoms with Gasteiger partial charge in [-0.3, -0.25) is 4.68 Å². The first-order chi connectivity index (χ1) is 8.77. The van der Waals surface area contributed by atoms with Crippen LogP contribution in [0.4, 0.5) is 0 Å². The van der Waals surface area contributed by atoms with Crippen LogP contribution < -0.4 is 0 Å². The fourth-order valence-corrected chi connectivity index (χ4v) is 4.00. The second kappa shape index (κ2) is 4.97. The van der Waals surface area contributed by atoms with Gasteiger partial charge in [0.25, 0.3) is 0 Å². The lowest BCUT2D eigenvalue weighted by molar-refractivity contribution is 0.0413. The second-order valence-corrected chi connectivity index (χ2v) is 6.32. The van der Waals surface area contributed by atoms with Crippen molar-refractivity contribution in [3.63, 3.8) is 0 Å². The summed E-state index contributed by atoms with van der Waals surface area (Å²) in [4.78, 5) is 0. The minimum Gasteiger partial charge on any atom is -0.377 e. The number of hydrogen-bond donors (Lipinski definition) is 0. The number of aryl methyl sites for hydroxylation is 1. The third-order valence-electron chi connectivity index (χ3n) is 4.38. The van der Waals surface area contributed by atoms with Crippen LogP contribution in [0.15, 0.2) is 12.4 Å². The number of alkyl halides is 1. The zero-order chi connectivity index (χ0) is 12.6. The van der Waals surface area contributed by atoms with Crippen molar-refractivity contribution in [3.05, 3.63) is 18.0 Å². The summed E-state index contributed by atoms with van der Waals surface area (Å²) < 4.78 is 8.04. The van der Waals surface area contributed by atoms with E-state index >= 15 is 0 Å². The van der Waals surface area contributed by atoms with E-state index in [1.165, 1.54) is 24.8 Å². The van der Waals surface area contributed by atoms with Gasteiger partial charge in [-0.15, -0.1) is 0 Å². The Kier molecular flexibility index (Phi) is 3.50. The average molecular weight is 313 g/mol. The Bertz CT molecular complexity index is 416. The molecule has 1 saturated heterocycles. The number of rotatable bonds is 5. The van der Waals surface area contributed by atoms with E-state index in [1.54, 1.807) is 0 Å². The molecule has 18 heavy (non-hydrogen) atoms. The zero-order valence-corrected chi connectivity index (χ0v) is 12.5. The minimum atomic E-state index is 0.294. The lowest BCUT2D eigenvalue weighted by Crippen LogP contribution is -2.36. The molecule has 0 radical (unpaired) electrons. The summed E-state index contributed by atoms with van der Waals surface area (Å²) in [6.07, 6.45) is 9.65. The van der Waals surface area contributed by atoms with Crippen LogP contribution in [0.5, 0.6) is 0 Å². The Morgan fingerprint density at radius 3 is 3.00 bits per heavy atom. The number of ether oxygens (including phenoxy) is 1. The summed E-state index contributed by atoms with van der Waals surface area (Å²) in [5.41, 5.74) is 1.65. The fraction of sp³-hybridized carbons (Fsp3) is 0.786. The Balaban J connectivity index is 1.78. The molecule has 1 saturated carbocycles. The van der Waals surface area contributed by atoms with E-state index in [-0.39, 0.29) is 0 Å². The molecule has 4 heteroatoms. The molecule has 3 nitrogen and oxygen atoms in total. The van der Waals surface area contributed by atoms with Gasteiger partial charge in [0.15, 0.2) is 0 Å². The van der Waals surface area contributed by atoms with E-state index in [9.17, 15) is 0 Å². The molecule has 2 heterocycles. The molecule has 100 valence electrons. The summed E-state index contributed by atoms with van der Waals surface area (Å²) in [6.45, 7) is 4.00. The highest BCUT2D eigenvalue weighted by atomic mass is 79.9. The molecule has 2 fully saturated rings. The maximum atomic E-state index is 6.03. The number of halogens is 1. The van der Waals surface area contributed by atoms with Crippen molar-refractivity contribution in [2.75, 3.05) is 11.9 Å². The normalized spacial score (nSPS) is 32.0. The van der Waals surface area contributed by atoms with Gasteiger partial charge >= 0.3 is 0 Å². The summed E-state index contributed by atoms with van der Waals surface area (Å²) >= 11 is 3.74. The van der Waals surface area contributed by atoms with Gasteiger partial charge in [0.2, 0.25) is 0 Å². The first-order valence-corrected chi connectivity index (χ1v) is 8.08. The van der Waals surface area contributed by atoms with Crippen molar-refractivity contribution in [2.24, 2.45) is 11.3 Å². The van der Waals surface area contributed by atoms with Crippen molar-refractivity contribution < 1.29 is 4.74 Å². The van der Waals surface area contributed by atoms with Gasteiger partial charge < -0.3 is 4.74 Å². The molecule has 0 amide bonds. The van der Waals surface area contributed by atoms with E-state index in [0.29, 0.717) is 11.5 Å². The topological polar surface area (TPSA) is 27.1 Å². The maximum Gasteiger partial charge on any atom is 0.0671 e. The Labute approximate surface area is 117 Å². The highest BCUT2D eigenvalue weighted by molar-refractivity contribution is 9.09. The van der Waals surface area contributed by atoms with Crippen molar-refractivity contribution in [3.8, 4) is 0 Å². The molecule has 2 unspecified atom stereocenters. The fourth-order valence-electron chi connectivity index (χ4n) is 3.20. The Hall–Kier alpha value is -0.350. The highest BCUT2D eigenvalue weighted by Gasteiger charge is 2.50. The van der Waals surface area contributed by atoms with Gasteiger partial charge in [0.1, 0.15) is 0 Å². The van der Waals surface area contributed by atoms with E-state index in [4.69, 9.17) is 4.74 Å². The predicted molar refractivity (Wildman–Crippen MR) is 74.9 cm³/mol. The standard InChI is InChI=1S/C14H21BrN2O/c1-2-17-9-11(8-16-17)7-14(10-15)5-6-18-13(14)12-3-4-12/h8-9,12-13H,2-7,10H2,1H3. The molecule has 1 aliphatic carbocycles. The van der Waals surface area contributed by atoms with Crippen LogP contribution in [0.25, 0.3) is 0 Å². The zero-order valence-electron chi connectivity index (χ0n) is 10.9. The van der Waals surface area contributed by atoms with Gasteiger partial charge in [-0.2, -0.15) is 5.10 Å². The van der Waals surface area contributed by atoms with Crippen LogP contribution in [0.2, 0.25) is 0 Å². The summed E-state index contributed by atoms with van der Waals surface area (Å²) in [6, 6.07) is 0. The maximum absolute atomic E-state index is 6.03. The molecule has 2 atom stereocenters. The smallest absolute Gasteiger partial charge is 0.0671 e. The van der Waals surface area contributed by atoms with Crippen molar-refractivity contribution in [1.82, 2.24) is 9.78 Å². The first kappa shape index (κ1) is 12.7. The van der Waals surface area contributed by atoms with E-state index in [1.807, 2.05) is 10.9 Å². The van der Waals surface area contributed by atoms with E-state index in [0.717, 1.165) is 30.8 Å². The molecule has 1 aromatic heterocycles. The van der Waals surface area contributed by atoms with Gasteiger partial charge in [-0.25, -0.2) is 0 Å². The lowest BCUT2D eigenvalue weighted by Gasteiger charge is -2.32. The lowest BCUT2D eigenvalue weighted by atomic mass is 9.76. The Morgan fingerprint density at radius 1 is 1.56 bits per heavy atom. The first-order valence-electron chi connectivity index (χ1n) is 6.96. The molecular formula is C14H21BrN2O. The van der Waals surface area contributed by atoms with Gasteiger partial charge in [0, 0.05) is 30.1 Å². The van der Waals surface area contributed by atoms with Crippen LogP contribution in [0, 0.1) is 11.3 Å². The number of hydrogen-bond acceptors (Lipinski definition) is 2. The van der Waals surface area contributed by atoms with E-state index in [2.05, 4.69) is 34.1 Å². The highest BCUT2D eigenvalue weighted by Crippen LogP contribution is 2.50. The molecule has 3 rings (SSSR count). The quantitative estimate of drug-likeness (QED) is 0.781. The summed E-state index contributed by atoms with van der Waals surface area (Å²) in [5.74, 6) is 0.811. The second-order valence-electron chi connectivity index (χ2n) is 5.76. The van der Waals surface area contributed by atoms with Crippen LogP contribution in [0.3, 0.4) is 0 Å². The molecule has 0 aromatic carbocycles. The van der Waals surface area contributed by atoms with E-state index < -0.39 is 0 Å². The molecule has 0 spiro atoms. The molecule has 0 N–H and O–H groups in total. The molecule has 1 aromatic rings. The van der Waals surface area contributed by atoms with Crippen LogP contribution in [-0.4, -0.2) is 27.8 Å². The number of nitrogens with zero attached hydrogens (tertiary/aromatic N) is 2. The SMILES string of the molecule is CCn1cc(CC2(CBr)CCOC2C2CC2)cn1.